The molecule has 0 saturated carbocycles. The molecule has 17 heavy (non-hydrogen) atoms. The lowest BCUT2D eigenvalue weighted by Gasteiger charge is -2.11. The maximum absolute atomic E-state index is 5.30. The number of nitrogens with zero attached hydrogens (tertiary/aromatic N) is 1. The molecular weight excluding hydrogens is 216 g/mol. The molecular formula is C13H16N2O2. The molecule has 2 aromatic rings. The lowest BCUT2D eigenvalue weighted by Crippen LogP contribution is -2.07. The Morgan fingerprint density at radius 2 is 1.88 bits per heavy atom. The smallest absolute Gasteiger partial charge is 0.161 e. The maximum Gasteiger partial charge on any atom is 0.161 e. The molecule has 0 bridgehead atoms. The van der Waals surface area contributed by atoms with E-state index in [9.17, 15) is 0 Å². The number of rotatable bonds is 4. The van der Waals surface area contributed by atoms with Gasteiger partial charge in [-0.1, -0.05) is 0 Å². The van der Waals surface area contributed by atoms with E-state index in [0.29, 0.717) is 0 Å². The van der Waals surface area contributed by atoms with Gasteiger partial charge in [-0.3, -0.25) is 4.98 Å². The van der Waals surface area contributed by atoms with Crippen LogP contribution in [-0.4, -0.2) is 26.3 Å². The van der Waals surface area contributed by atoms with Crippen LogP contribution in [0.4, 0.5) is 0 Å². The number of nitrogens with one attached hydrogen (secondary N) is 1. The molecule has 0 atom stereocenters. The summed E-state index contributed by atoms with van der Waals surface area (Å²) >= 11 is 0. The fourth-order valence-electron chi connectivity index (χ4n) is 1.87. The standard InChI is InChI=1S/C13H16N2O2/c1-14-8-11-10-7-13(17-3)12(16-2)6-9(10)4-5-15-11/h4-7,14H,8H2,1-3H3. The third-order valence-electron chi connectivity index (χ3n) is 2.70. The third-order valence-corrected chi connectivity index (χ3v) is 2.70. The third kappa shape index (κ3) is 2.17. The largest absolute Gasteiger partial charge is 0.493 e. The van der Waals surface area contributed by atoms with Crippen molar-refractivity contribution in [2.24, 2.45) is 0 Å². The van der Waals surface area contributed by atoms with E-state index in [1.165, 1.54) is 0 Å². The number of fused-ring (bicyclic) bond motifs is 1. The highest BCUT2D eigenvalue weighted by Gasteiger charge is 2.08. The molecule has 0 saturated heterocycles. The van der Waals surface area contributed by atoms with Crippen molar-refractivity contribution in [3.8, 4) is 11.5 Å². The molecule has 2 rings (SSSR count). The van der Waals surface area contributed by atoms with Crippen molar-refractivity contribution in [3.05, 3.63) is 30.1 Å². The molecule has 0 fully saturated rings. The maximum atomic E-state index is 5.30. The second-order valence-electron chi connectivity index (χ2n) is 3.72. The minimum atomic E-state index is 0.727. The van der Waals surface area contributed by atoms with Gasteiger partial charge in [-0.25, -0.2) is 0 Å². The first-order valence-corrected chi connectivity index (χ1v) is 5.44. The summed E-state index contributed by atoms with van der Waals surface area (Å²) in [6.07, 6.45) is 1.81. The molecule has 1 aromatic carbocycles. The van der Waals surface area contributed by atoms with E-state index in [2.05, 4.69) is 10.3 Å². The number of hydrogen-bond donors (Lipinski definition) is 1. The van der Waals surface area contributed by atoms with Gasteiger partial charge >= 0.3 is 0 Å². The lowest BCUT2D eigenvalue weighted by molar-refractivity contribution is 0.356. The average Bonchev–Trinajstić information content (AvgIpc) is 2.38. The molecule has 4 nitrogen and oxygen atoms in total. The Morgan fingerprint density at radius 3 is 2.53 bits per heavy atom. The quantitative estimate of drug-likeness (QED) is 0.875. The summed E-state index contributed by atoms with van der Waals surface area (Å²) in [5, 5.41) is 5.29. The van der Waals surface area contributed by atoms with Crippen LogP contribution in [0.1, 0.15) is 5.69 Å². The summed E-state index contributed by atoms with van der Waals surface area (Å²) in [6.45, 7) is 0.729. The van der Waals surface area contributed by atoms with Crippen molar-refractivity contribution in [2.45, 2.75) is 6.54 Å². The summed E-state index contributed by atoms with van der Waals surface area (Å²) in [4.78, 5) is 4.37. The van der Waals surface area contributed by atoms with E-state index >= 15 is 0 Å². The van der Waals surface area contributed by atoms with E-state index in [-0.39, 0.29) is 0 Å². The van der Waals surface area contributed by atoms with E-state index < -0.39 is 0 Å². The molecule has 0 aliphatic heterocycles. The fourth-order valence-corrected chi connectivity index (χ4v) is 1.87. The van der Waals surface area contributed by atoms with Crippen LogP contribution < -0.4 is 14.8 Å². The van der Waals surface area contributed by atoms with Gasteiger partial charge in [-0.15, -0.1) is 0 Å². The van der Waals surface area contributed by atoms with Gasteiger partial charge in [0.15, 0.2) is 11.5 Å². The summed E-state index contributed by atoms with van der Waals surface area (Å²) in [5.74, 6) is 1.46. The first-order chi connectivity index (χ1) is 8.30. The first kappa shape index (κ1) is 11.7. The molecule has 4 heteroatoms. The predicted molar refractivity (Wildman–Crippen MR) is 67.6 cm³/mol. The van der Waals surface area contributed by atoms with Crippen molar-refractivity contribution < 1.29 is 9.47 Å². The number of pyridine rings is 1. The van der Waals surface area contributed by atoms with Crippen LogP contribution in [0.3, 0.4) is 0 Å². The summed E-state index contributed by atoms with van der Waals surface area (Å²) in [6, 6.07) is 5.90. The zero-order valence-electron chi connectivity index (χ0n) is 10.3. The highest BCUT2D eigenvalue weighted by molar-refractivity contribution is 5.87. The number of methoxy groups -OCH3 is 2. The highest BCUT2D eigenvalue weighted by atomic mass is 16.5. The van der Waals surface area contributed by atoms with Crippen molar-refractivity contribution in [3.63, 3.8) is 0 Å². The Labute approximate surface area is 101 Å². The molecule has 1 N–H and O–H groups in total. The van der Waals surface area contributed by atoms with Crippen LogP contribution >= 0.6 is 0 Å². The van der Waals surface area contributed by atoms with Crippen LogP contribution in [-0.2, 0) is 6.54 Å². The Balaban J connectivity index is 2.64. The molecule has 0 amide bonds. The summed E-state index contributed by atoms with van der Waals surface area (Å²) < 4.78 is 10.6. The van der Waals surface area contributed by atoms with Gasteiger partial charge in [0.25, 0.3) is 0 Å². The van der Waals surface area contributed by atoms with Gasteiger partial charge in [0.2, 0.25) is 0 Å². The summed E-state index contributed by atoms with van der Waals surface area (Å²) in [7, 11) is 5.18. The van der Waals surface area contributed by atoms with Crippen LogP contribution in [0.2, 0.25) is 0 Å². The van der Waals surface area contributed by atoms with Gasteiger partial charge in [0.1, 0.15) is 0 Å². The number of ether oxygens (including phenoxy) is 2. The first-order valence-electron chi connectivity index (χ1n) is 5.44. The van der Waals surface area contributed by atoms with E-state index in [1.807, 2.05) is 25.2 Å². The van der Waals surface area contributed by atoms with Crippen molar-refractivity contribution in [1.82, 2.24) is 10.3 Å². The summed E-state index contributed by atoms with van der Waals surface area (Å²) in [5.41, 5.74) is 1.01. The van der Waals surface area contributed by atoms with Gasteiger partial charge in [0, 0.05) is 18.1 Å². The van der Waals surface area contributed by atoms with E-state index in [4.69, 9.17) is 9.47 Å². The monoisotopic (exact) mass is 232 g/mol. The Kier molecular flexibility index (Phi) is 3.44. The normalized spacial score (nSPS) is 10.5. The van der Waals surface area contributed by atoms with Gasteiger partial charge in [0.05, 0.1) is 19.9 Å². The lowest BCUT2D eigenvalue weighted by atomic mass is 10.1. The molecule has 1 heterocycles. The Morgan fingerprint density at radius 1 is 1.18 bits per heavy atom. The van der Waals surface area contributed by atoms with Crippen LogP contribution in [0.15, 0.2) is 24.4 Å². The molecule has 0 aliphatic carbocycles. The van der Waals surface area contributed by atoms with Crippen LogP contribution in [0.25, 0.3) is 10.8 Å². The topological polar surface area (TPSA) is 43.4 Å². The molecule has 0 unspecified atom stereocenters. The van der Waals surface area contributed by atoms with E-state index in [1.54, 1.807) is 20.4 Å². The SMILES string of the molecule is CNCc1nccc2cc(OC)c(OC)cc12. The predicted octanol–water partition coefficient (Wildman–Crippen LogP) is 1.97. The van der Waals surface area contributed by atoms with Gasteiger partial charge in [-0.05, 0) is 30.6 Å². The van der Waals surface area contributed by atoms with Gasteiger partial charge < -0.3 is 14.8 Å². The molecule has 0 aliphatic rings. The Hall–Kier alpha value is -1.81. The second-order valence-corrected chi connectivity index (χ2v) is 3.72. The van der Waals surface area contributed by atoms with Crippen LogP contribution in [0.5, 0.6) is 11.5 Å². The molecule has 0 radical (unpaired) electrons. The minimum Gasteiger partial charge on any atom is -0.493 e. The van der Waals surface area contributed by atoms with Crippen molar-refractivity contribution in [2.75, 3.05) is 21.3 Å². The van der Waals surface area contributed by atoms with E-state index in [0.717, 1.165) is 34.5 Å². The second kappa shape index (κ2) is 5.01. The van der Waals surface area contributed by atoms with Gasteiger partial charge in [-0.2, -0.15) is 0 Å². The number of hydrogen-bond acceptors (Lipinski definition) is 4. The Bertz CT molecular complexity index is 526. The molecule has 0 spiro atoms. The zero-order chi connectivity index (χ0) is 12.3. The zero-order valence-corrected chi connectivity index (χ0v) is 10.3. The minimum absolute atomic E-state index is 0.727. The number of benzene rings is 1. The number of aromatic nitrogens is 1. The van der Waals surface area contributed by atoms with Crippen molar-refractivity contribution >= 4 is 10.8 Å². The fraction of sp³-hybridized carbons (Fsp3) is 0.308. The highest BCUT2D eigenvalue weighted by Crippen LogP contribution is 2.32. The van der Waals surface area contributed by atoms with Crippen LogP contribution in [0, 0.1) is 0 Å². The van der Waals surface area contributed by atoms with Crippen molar-refractivity contribution in [1.29, 1.82) is 0 Å². The molecule has 1 aromatic heterocycles. The average molecular weight is 232 g/mol. The molecule has 90 valence electrons.